The van der Waals surface area contributed by atoms with Gasteiger partial charge in [-0.3, -0.25) is 9.59 Å². The quantitative estimate of drug-likeness (QED) is 0.812. The highest BCUT2D eigenvalue weighted by Gasteiger charge is 2.53. The summed E-state index contributed by atoms with van der Waals surface area (Å²) < 4.78 is 7.50. The molecule has 1 spiro atoms. The summed E-state index contributed by atoms with van der Waals surface area (Å²) in [5, 5.41) is 0. The van der Waals surface area contributed by atoms with Crippen molar-refractivity contribution in [3.63, 3.8) is 0 Å². The smallest absolute Gasteiger partial charge is 0.228 e. The fraction of sp³-hybridized carbons (Fsp3) is 0.737. The van der Waals surface area contributed by atoms with E-state index in [1.807, 2.05) is 27.6 Å². The Labute approximate surface area is 153 Å². The van der Waals surface area contributed by atoms with E-state index in [0.29, 0.717) is 12.8 Å². The van der Waals surface area contributed by atoms with Crippen LogP contribution < -0.4 is 0 Å². The standard InChI is InChI=1S/C19H26N4O3/c1-21-8-7-20-17(21)16-14(4-5-15(24)23(16)13-2-3-13)18(25)22-10-19(11-22)6-9-26-12-19/h7-8,13-14,16H,2-6,9-12H2,1H3/t14-,16-/m0/s1. The second-order valence-corrected chi connectivity index (χ2v) is 8.52. The molecule has 0 N–H and O–H groups in total. The highest BCUT2D eigenvalue weighted by Crippen LogP contribution is 2.46. The lowest BCUT2D eigenvalue weighted by Gasteiger charge is -2.50. The molecule has 2 atom stereocenters. The number of hydrogen-bond acceptors (Lipinski definition) is 4. The van der Waals surface area contributed by atoms with Gasteiger partial charge in [0.25, 0.3) is 0 Å². The Hall–Kier alpha value is -1.89. The van der Waals surface area contributed by atoms with Gasteiger partial charge in [-0.05, 0) is 25.7 Å². The number of hydrogen-bond donors (Lipinski definition) is 0. The molecule has 0 radical (unpaired) electrons. The minimum atomic E-state index is -0.229. The average molecular weight is 358 g/mol. The third-order valence-corrected chi connectivity index (χ3v) is 6.57. The molecule has 2 amide bonds. The van der Waals surface area contributed by atoms with Crippen LogP contribution in [0, 0.1) is 11.3 Å². The van der Waals surface area contributed by atoms with Crippen molar-refractivity contribution >= 4 is 11.8 Å². The number of likely N-dealkylation sites (tertiary alicyclic amines) is 2. The zero-order valence-electron chi connectivity index (χ0n) is 15.3. The molecule has 140 valence electrons. The van der Waals surface area contributed by atoms with E-state index >= 15 is 0 Å². The molecule has 4 aliphatic rings. The van der Waals surface area contributed by atoms with Crippen LogP contribution in [-0.4, -0.2) is 63.5 Å². The van der Waals surface area contributed by atoms with E-state index in [1.165, 1.54) is 0 Å². The molecule has 3 aliphatic heterocycles. The van der Waals surface area contributed by atoms with Gasteiger partial charge in [-0.1, -0.05) is 0 Å². The van der Waals surface area contributed by atoms with Crippen LogP contribution in [0.3, 0.4) is 0 Å². The van der Waals surface area contributed by atoms with E-state index in [-0.39, 0.29) is 35.2 Å². The number of amides is 2. The molecular weight excluding hydrogens is 332 g/mol. The Morgan fingerprint density at radius 3 is 2.73 bits per heavy atom. The van der Waals surface area contributed by atoms with Gasteiger partial charge in [0.2, 0.25) is 11.8 Å². The summed E-state index contributed by atoms with van der Waals surface area (Å²) in [4.78, 5) is 34.5. The zero-order valence-corrected chi connectivity index (χ0v) is 15.3. The molecule has 4 fully saturated rings. The van der Waals surface area contributed by atoms with Gasteiger partial charge < -0.3 is 19.1 Å². The van der Waals surface area contributed by atoms with Gasteiger partial charge in [0.05, 0.1) is 12.5 Å². The van der Waals surface area contributed by atoms with Crippen molar-refractivity contribution in [3.8, 4) is 0 Å². The van der Waals surface area contributed by atoms with Crippen LogP contribution in [0.4, 0.5) is 0 Å². The topological polar surface area (TPSA) is 67.7 Å². The number of aryl methyl sites for hydroxylation is 1. The molecule has 0 bridgehead atoms. The number of aromatic nitrogens is 2. The lowest BCUT2D eigenvalue weighted by Crippen LogP contribution is -2.61. The summed E-state index contributed by atoms with van der Waals surface area (Å²) in [7, 11) is 1.95. The predicted molar refractivity (Wildman–Crippen MR) is 93.0 cm³/mol. The molecular formula is C19H26N4O3. The van der Waals surface area contributed by atoms with Crippen LogP contribution in [-0.2, 0) is 21.4 Å². The van der Waals surface area contributed by atoms with Crippen LogP contribution in [0.25, 0.3) is 0 Å². The van der Waals surface area contributed by atoms with Crippen molar-refractivity contribution in [2.75, 3.05) is 26.3 Å². The second-order valence-electron chi connectivity index (χ2n) is 8.52. The predicted octanol–water partition coefficient (Wildman–Crippen LogP) is 1.11. The van der Waals surface area contributed by atoms with Crippen molar-refractivity contribution in [3.05, 3.63) is 18.2 Å². The highest BCUT2D eigenvalue weighted by molar-refractivity contribution is 5.85. The first kappa shape index (κ1) is 16.3. The van der Waals surface area contributed by atoms with Crippen LogP contribution in [0.15, 0.2) is 12.4 Å². The van der Waals surface area contributed by atoms with E-state index in [9.17, 15) is 9.59 Å². The zero-order chi connectivity index (χ0) is 17.9. The third kappa shape index (κ3) is 2.47. The normalized spacial score (nSPS) is 30.7. The number of carbonyl (C=O) groups is 2. The van der Waals surface area contributed by atoms with Gasteiger partial charge in [0, 0.05) is 57.0 Å². The number of imidazole rings is 1. The molecule has 26 heavy (non-hydrogen) atoms. The largest absolute Gasteiger partial charge is 0.381 e. The van der Waals surface area contributed by atoms with Gasteiger partial charge in [-0.25, -0.2) is 4.98 Å². The number of piperidine rings is 1. The van der Waals surface area contributed by atoms with Crippen molar-refractivity contribution in [1.82, 2.24) is 19.4 Å². The van der Waals surface area contributed by atoms with Crippen molar-refractivity contribution in [2.24, 2.45) is 18.4 Å². The molecule has 1 aromatic rings. The maximum Gasteiger partial charge on any atom is 0.228 e. The van der Waals surface area contributed by atoms with Gasteiger partial charge in [-0.2, -0.15) is 0 Å². The van der Waals surface area contributed by atoms with Crippen LogP contribution in [0.2, 0.25) is 0 Å². The summed E-state index contributed by atoms with van der Waals surface area (Å²) >= 11 is 0. The Balaban J connectivity index is 1.41. The lowest BCUT2D eigenvalue weighted by molar-refractivity contribution is -0.157. The Kier molecular flexibility index (Phi) is 3.64. The first-order chi connectivity index (χ1) is 12.6. The molecule has 1 aromatic heterocycles. The van der Waals surface area contributed by atoms with E-state index in [2.05, 4.69) is 4.98 Å². The Morgan fingerprint density at radius 2 is 2.12 bits per heavy atom. The number of nitrogens with zero attached hydrogens (tertiary/aromatic N) is 4. The van der Waals surface area contributed by atoms with Crippen molar-refractivity contribution in [1.29, 1.82) is 0 Å². The molecule has 4 heterocycles. The van der Waals surface area contributed by atoms with E-state index in [0.717, 1.165) is 51.4 Å². The maximum atomic E-state index is 13.3. The van der Waals surface area contributed by atoms with Crippen LogP contribution in [0.5, 0.6) is 0 Å². The van der Waals surface area contributed by atoms with Crippen molar-refractivity contribution < 1.29 is 14.3 Å². The molecule has 7 heteroatoms. The first-order valence-corrected chi connectivity index (χ1v) is 9.73. The highest BCUT2D eigenvalue weighted by atomic mass is 16.5. The van der Waals surface area contributed by atoms with E-state index in [1.54, 1.807) is 6.20 Å². The van der Waals surface area contributed by atoms with Crippen LogP contribution in [0.1, 0.15) is 44.0 Å². The van der Waals surface area contributed by atoms with Crippen molar-refractivity contribution in [2.45, 2.75) is 44.2 Å². The van der Waals surface area contributed by atoms with Gasteiger partial charge >= 0.3 is 0 Å². The number of rotatable bonds is 3. The van der Waals surface area contributed by atoms with E-state index in [4.69, 9.17) is 4.74 Å². The number of ether oxygens (including phenoxy) is 1. The molecule has 0 unspecified atom stereocenters. The average Bonchev–Trinajstić information content (AvgIpc) is 3.14. The number of carbonyl (C=O) groups excluding carboxylic acids is 2. The molecule has 1 saturated carbocycles. The van der Waals surface area contributed by atoms with Gasteiger partial charge in [0.15, 0.2) is 0 Å². The fourth-order valence-electron chi connectivity index (χ4n) is 4.98. The first-order valence-electron chi connectivity index (χ1n) is 9.73. The van der Waals surface area contributed by atoms with Gasteiger partial charge in [-0.15, -0.1) is 0 Å². The van der Waals surface area contributed by atoms with Gasteiger partial charge in [0.1, 0.15) is 11.9 Å². The molecule has 7 nitrogen and oxygen atoms in total. The monoisotopic (exact) mass is 358 g/mol. The molecule has 0 aromatic carbocycles. The summed E-state index contributed by atoms with van der Waals surface area (Å²) in [6.45, 7) is 3.18. The summed E-state index contributed by atoms with van der Waals surface area (Å²) in [5.41, 5.74) is 0.190. The minimum Gasteiger partial charge on any atom is -0.381 e. The lowest BCUT2D eigenvalue weighted by atomic mass is 9.77. The maximum absolute atomic E-state index is 13.3. The fourth-order valence-corrected chi connectivity index (χ4v) is 4.98. The minimum absolute atomic E-state index is 0.175. The second kappa shape index (κ2) is 5.81. The SMILES string of the molecule is Cn1ccnc1[C@@H]1[C@@H](C(=O)N2CC3(CCOC3)C2)CCC(=O)N1C1CC1. The molecule has 1 aliphatic carbocycles. The summed E-state index contributed by atoms with van der Waals surface area (Å²) in [6, 6.07) is 0.0541. The molecule has 3 saturated heterocycles. The van der Waals surface area contributed by atoms with Crippen LogP contribution >= 0.6 is 0 Å². The summed E-state index contributed by atoms with van der Waals surface area (Å²) in [5.74, 6) is 1.01. The molecule has 5 rings (SSSR count). The van der Waals surface area contributed by atoms with E-state index < -0.39 is 0 Å². The Bertz CT molecular complexity index is 727. The summed E-state index contributed by atoms with van der Waals surface area (Å²) in [6.07, 6.45) is 7.88. The third-order valence-electron chi connectivity index (χ3n) is 6.57. The Morgan fingerprint density at radius 1 is 1.31 bits per heavy atom.